The summed E-state index contributed by atoms with van der Waals surface area (Å²) in [5.41, 5.74) is 3.75. The maximum Gasteiger partial charge on any atom is 0.318 e. The summed E-state index contributed by atoms with van der Waals surface area (Å²) in [6, 6.07) is 11.2. The van der Waals surface area contributed by atoms with Gasteiger partial charge in [-0.2, -0.15) is 5.10 Å². The van der Waals surface area contributed by atoms with E-state index in [1.54, 1.807) is 23.1 Å². The van der Waals surface area contributed by atoms with Crippen LogP contribution in [0.2, 0.25) is 0 Å². The van der Waals surface area contributed by atoms with Crippen molar-refractivity contribution in [2.45, 2.75) is 53.5 Å². The number of aromatic nitrogens is 2. The summed E-state index contributed by atoms with van der Waals surface area (Å²) in [6.07, 6.45) is 1.54. The lowest BCUT2D eigenvalue weighted by molar-refractivity contribution is -0.116. The van der Waals surface area contributed by atoms with Crippen LogP contribution in [0.3, 0.4) is 0 Å². The van der Waals surface area contributed by atoms with E-state index < -0.39 is 0 Å². The molecule has 0 saturated heterocycles. The number of hydrogen-bond acceptors (Lipinski definition) is 4. The van der Waals surface area contributed by atoms with Gasteiger partial charge in [0.1, 0.15) is 18.1 Å². The molecule has 0 fully saturated rings. The molecule has 0 bridgehead atoms. The first kappa shape index (κ1) is 24.1. The smallest absolute Gasteiger partial charge is 0.318 e. The Bertz CT molecular complexity index is 1110. The average Bonchev–Trinajstić information content (AvgIpc) is 3.37. The van der Waals surface area contributed by atoms with Crippen molar-refractivity contribution in [2.24, 2.45) is 0 Å². The number of nitrogens with one attached hydrogen (secondary N) is 2. The van der Waals surface area contributed by atoms with Gasteiger partial charge < -0.3 is 20.0 Å². The molecule has 0 spiro atoms. The lowest BCUT2D eigenvalue weighted by atomic mass is 9.92. The maximum atomic E-state index is 13.0. The van der Waals surface area contributed by atoms with E-state index in [-0.39, 0.29) is 30.4 Å². The van der Waals surface area contributed by atoms with Crippen LogP contribution < -0.4 is 10.6 Å². The van der Waals surface area contributed by atoms with Gasteiger partial charge in [0.15, 0.2) is 0 Å². The predicted octanol–water partition coefficient (Wildman–Crippen LogP) is 4.55. The summed E-state index contributed by atoms with van der Waals surface area (Å²) in [4.78, 5) is 27.0. The van der Waals surface area contributed by atoms with Crippen LogP contribution in [0.1, 0.15) is 50.3 Å². The van der Waals surface area contributed by atoms with Crippen molar-refractivity contribution in [3.05, 3.63) is 65.2 Å². The monoisotopic (exact) mass is 451 g/mol. The highest BCUT2D eigenvalue weighted by molar-refractivity contribution is 5.94. The minimum Gasteiger partial charge on any atom is -0.467 e. The van der Waals surface area contributed by atoms with Gasteiger partial charge >= 0.3 is 6.03 Å². The highest BCUT2D eigenvalue weighted by atomic mass is 16.3. The van der Waals surface area contributed by atoms with Gasteiger partial charge in [-0.05, 0) is 44.5 Å². The minimum atomic E-state index is -0.331. The summed E-state index contributed by atoms with van der Waals surface area (Å²) in [5, 5.41) is 10.5. The maximum absolute atomic E-state index is 13.0. The minimum absolute atomic E-state index is 0.130. The Morgan fingerprint density at radius 3 is 2.52 bits per heavy atom. The molecule has 8 nitrogen and oxygen atoms in total. The Morgan fingerprint density at radius 1 is 1.15 bits per heavy atom. The number of amides is 3. The van der Waals surface area contributed by atoms with E-state index in [1.807, 2.05) is 39.0 Å². The van der Waals surface area contributed by atoms with E-state index in [2.05, 4.69) is 37.5 Å². The van der Waals surface area contributed by atoms with E-state index in [1.165, 1.54) is 4.90 Å². The first-order chi connectivity index (χ1) is 15.6. The van der Waals surface area contributed by atoms with Crippen LogP contribution in [0.15, 0.2) is 47.1 Å². The number of anilines is 1. The molecule has 3 amide bonds. The lowest BCUT2D eigenvalue weighted by Crippen LogP contribution is -2.43. The van der Waals surface area contributed by atoms with Crippen LogP contribution in [0.5, 0.6) is 0 Å². The number of nitrogens with zero attached hydrogens (tertiary/aromatic N) is 3. The van der Waals surface area contributed by atoms with Crippen molar-refractivity contribution in [3.8, 4) is 5.69 Å². The molecular weight excluding hydrogens is 418 g/mol. The van der Waals surface area contributed by atoms with E-state index in [4.69, 9.17) is 9.52 Å². The largest absolute Gasteiger partial charge is 0.467 e. The average molecular weight is 452 g/mol. The van der Waals surface area contributed by atoms with E-state index >= 15 is 0 Å². The lowest BCUT2D eigenvalue weighted by Gasteiger charge is -2.21. The number of carbonyl (C=O) groups excluding carboxylic acids is 2. The highest BCUT2D eigenvalue weighted by Crippen LogP contribution is 2.27. The molecule has 176 valence electrons. The molecule has 0 saturated carbocycles. The van der Waals surface area contributed by atoms with Gasteiger partial charge in [0.25, 0.3) is 0 Å². The fourth-order valence-corrected chi connectivity index (χ4v) is 3.47. The van der Waals surface area contributed by atoms with Crippen LogP contribution in [0, 0.1) is 13.8 Å². The summed E-state index contributed by atoms with van der Waals surface area (Å²) in [6.45, 7) is 12.6. The number of benzene rings is 1. The van der Waals surface area contributed by atoms with Crippen molar-refractivity contribution in [1.29, 1.82) is 0 Å². The fraction of sp³-hybridized carbons (Fsp3) is 0.400. The van der Waals surface area contributed by atoms with Gasteiger partial charge in [0, 0.05) is 18.0 Å². The topological polar surface area (TPSA) is 92.4 Å². The van der Waals surface area contributed by atoms with Gasteiger partial charge in [-0.3, -0.25) is 4.79 Å². The molecular formula is C25H33N5O3. The number of carbonyl (C=O) groups is 2. The number of furan rings is 1. The Morgan fingerprint density at radius 2 is 1.91 bits per heavy atom. The van der Waals surface area contributed by atoms with Gasteiger partial charge in [-0.1, -0.05) is 38.5 Å². The Kier molecular flexibility index (Phi) is 7.26. The molecule has 2 aromatic heterocycles. The number of urea groups is 1. The van der Waals surface area contributed by atoms with Crippen LogP contribution in [0.4, 0.5) is 10.6 Å². The molecule has 2 heterocycles. The molecule has 2 N–H and O–H groups in total. The van der Waals surface area contributed by atoms with Crippen molar-refractivity contribution in [3.63, 3.8) is 0 Å². The summed E-state index contributed by atoms with van der Waals surface area (Å²) >= 11 is 0. The Labute approximate surface area is 195 Å². The SMILES string of the molecule is CCNC(=O)N(CC(=O)Nc1cc(C(C)(C)C)nn1-c1ccc(C)cc1C)Cc1ccco1. The molecule has 0 aliphatic rings. The molecule has 8 heteroatoms. The molecule has 0 aliphatic carbocycles. The van der Waals surface area contributed by atoms with E-state index in [9.17, 15) is 9.59 Å². The van der Waals surface area contributed by atoms with Crippen molar-refractivity contribution in [2.75, 3.05) is 18.4 Å². The Balaban J connectivity index is 1.88. The quantitative estimate of drug-likeness (QED) is 0.551. The van der Waals surface area contributed by atoms with Gasteiger partial charge in [0.2, 0.25) is 5.91 Å². The van der Waals surface area contributed by atoms with Crippen molar-refractivity contribution < 1.29 is 14.0 Å². The van der Waals surface area contributed by atoms with E-state index in [0.29, 0.717) is 18.1 Å². The van der Waals surface area contributed by atoms with Crippen LogP contribution in [0.25, 0.3) is 5.69 Å². The molecule has 33 heavy (non-hydrogen) atoms. The molecule has 3 aromatic rings. The first-order valence-electron chi connectivity index (χ1n) is 11.1. The number of aryl methyl sites for hydroxylation is 2. The zero-order valence-corrected chi connectivity index (χ0v) is 20.2. The Hall–Kier alpha value is -3.55. The van der Waals surface area contributed by atoms with Gasteiger partial charge in [-0.15, -0.1) is 0 Å². The third-order valence-electron chi connectivity index (χ3n) is 5.20. The normalized spacial score (nSPS) is 11.3. The van der Waals surface area contributed by atoms with Crippen LogP contribution in [-0.4, -0.2) is 39.7 Å². The third kappa shape index (κ3) is 6.03. The second-order valence-corrected chi connectivity index (χ2v) is 9.19. The molecule has 0 atom stereocenters. The fourth-order valence-electron chi connectivity index (χ4n) is 3.47. The molecule has 3 rings (SSSR count). The van der Waals surface area contributed by atoms with Gasteiger partial charge in [0.05, 0.1) is 24.2 Å². The van der Waals surface area contributed by atoms with E-state index in [0.717, 1.165) is 22.5 Å². The summed E-state index contributed by atoms with van der Waals surface area (Å²) in [5.74, 6) is 0.842. The second-order valence-electron chi connectivity index (χ2n) is 9.19. The number of rotatable bonds is 7. The predicted molar refractivity (Wildman–Crippen MR) is 129 cm³/mol. The van der Waals surface area contributed by atoms with Crippen LogP contribution >= 0.6 is 0 Å². The zero-order chi connectivity index (χ0) is 24.2. The zero-order valence-electron chi connectivity index (χ0n) is 20.2. The third-order valence-corrected chi connectivity index (χ3v) is 5.20. The molecule has 0 unspecified atom stereocenters. The van der Waals surface area contributed by atoms with Crippen molar-refractivity contribution >= 4 is 17.8 Å². The summed E-state index contributed by atoms with van der Waals surface area (Å²) in [7, 11) is 0. The standard InChI is InChI=1S/C25H33N5O3/c1-7-26-24(32)29(15-19-9-8-12-33-19)16-23(31)27-22-14-21(25(4,5)6)28-30(22)20-11-10-17(2)13-18(20)3/h8-14H,7,15-16H2,1-6H3,(H,26,32)(H,27,31). The molecule has 1 aromatic carbocycles. The van der Waals surface area contributed by atoms with Crippen molar-refractivity contribution in [1.82, 2.24) is 20.0 Å². The highest BCUT2D eigenvalue weighted by Gasteiger charge is 2.24. The molecule has 0 aliphatic heterocycles. The number of hydrogen-bond donors (Lipinski definition) is 2. The summed E-state index contributed by atoms with van der Waals surface area (Å²) < 4.78 is 7.13. The first-order valence-corrected chi connectivity index (χ1v) is 11.1. The second kappa shape index (κ2) is 9.94. The van der Waals surface area contributed by atoms with Crippen LogP contribution in [-0.2, 0) is 16.8 Å². The molecule has 0 radical (unpaired) electrons. The van der Waals surface area contributed by atoms with Gasteiger partial charge in [-0.25, -0.2) is 9.48 Å².